The molecule has 0 N–H and O–H groups in total. The van der Waals surface area contributed by atoms with Gasteiger partial charge in [-0.3, -0.25) is 4.57 Å². The van der Waals surface area contributed by atoms with E-state index in [4.69, 9.17) is 9.26 Å². The Hall–Kier alpha value is -3.13. The zero-order chi connectivity index (χ0) is 27.1. The third kappa shape index (κ3) is 8.43. The molecule has 0 radical (unpaired) electrons. The van der Waals surface area contributed by atoms with Gasteiger partial charge in [-0.1, -0.05) is 139 Å². The van der Waals surface area contributed by atoms with E-state index in [0.717, 1.165) is 16.9 Å². The summed E-state index contributed by atoms with van der Waals surface area (Å²) in [4.78, 5) is 0. The molecule has 3 unspecified atom stereocenters. The van der Waals surface area contributed by atoms with E-state index < -0.39 is 7.37 Å². The molecule has 0 saturated heterocycles. The van der Waals surface area contributed by atoms with Gasteiger partial charge in [0.1, 0.15) is 12.4 Å². The van der Waals surface area contributed by atoms with E-state index in [9.17, 15) is 4.57 Å². The fourth-order valence-electron chi connectivity index (χ4n) is 4.94. The smallest absolute Gasteiger partial charge is 0.197 e. The summed E-state index contributed by atoms with van der Waals surface area (Å²) >= 11 is 0. The largest absolute Gasteiger partial charge is 0.491 e. The Morgan fingerprint density at radius 2 is 0.950 bits per heavy atom. The highest BCUT2D eigenvalue weighted by Crippen LogP contribution is 2.43. The monoisotopic (exact) mass is 558 g/mol. The molecular weight excluding hydrogens is 511 g/mol. The number of ether oxygens (including phenoxy) is 1. The highest BCUT2D eigenvalue weighted by atomic mass is 31.2. The van der Waals surface area contributed by atoms with Crippen molar-refractivity contribution in [2.24, 2.45) is 0 Å². The fraction of sp³-hybridized carbons (Fsp3) is 0.333. The predicted molar refractivity (Wildman–Crippen MR) is 173 cm³/mol. The van der Waals surface area contributed by atoms with E-state index in [2.05, 4.69) is 124 Å². The molecule has 0 spiro atoms. The van der Waals surface area contributed by atoms with Crippen LogP contribution in [0.1, 0.15) is 86.8 Å². The van der Waals surface area contributed by atoms with Crippen LogP contribution >= 0.6 is 7.37 Å². The Bertz CT molecular complexity index is 1280. The number of rotatable bonds is 11. The molecule has 0 amide bonds. The molecule has 3 nitrogen and oxygen atoms in total. The normalized spacial score (nSPS) is 13.3. The van der Waals surface area contributed by atoms with Crippen molar-refractivity contribution in [3.8, 4) is 5.75 Å². The first kappa shape index (κ1) is 33.1. The maximum atomic E-state index is 12.1. The van der Waals surface area contributed by atoms with Gasteiger partial charge in [0, 0.05) is 42.2 Å². The van der Waals surface area contributed by atoms with Gasteiger partial charge in [-0.2, -0.15) is 0 Å². The van der Waals surface area contributed by atoms with Gasteiger partial charge in [0.25, 0.3) is 0 Å². The van der Waals surface area contributed by atoms with Crippen LogP contribution in [-0.4, -0.2) is 26.5 Å². The molecule has 4 rings (SSSR count). The van der Waals surface area contributed by atoms with Gasteiger partial charge in [-0.15, -0.1) is 0 Å². The lowest BCUT2D eigenvalue weighted by Crippen LogP contribution is -2.13. The molecule has 40 heavy (non-hydrogen) atoms. The zero-order valence-corrected chi connectivity index (χ0v) is 24.0. The highest BCUT2D eigenvalue weighted by molar-refractivity contribution is 7.57. The molecular formula is C36H47O3P. The lowest BCUT2D eigenvalue weighted by Gasteiger charge is -2.27. The van der Waals surface area contributed by atoms with Gasteiger partial charge in [0.05, 0.1) is 6.61 Å². The van der Waals surface area contributed by atoms with Crippen molar-refractivity contribution in [2.45, 2.75) is 53.4 Å². The predicted octanol–water partition coefficient (Wildman–Crippen LogP) is 10.3. The third-order valence-corrected chi connectivity index (χ3v) is 8.04. The Balaban J connectivity index is 0.00000280. The Kier molecular flexibility index (Phi) is 12.4. The van der Waals surface area contributed by atoms with Crippen LogP contribution in [0.25, 0.3) is 0 Å². The molecule has 0 bridgehead atoms. The lowest BCUT2D eigenvalue weighted by atomic mass is 9.81. The topological polar surface area (TPSA) is 35.5 Å². The summed E-state index contributed by atoms with van der Waals surface area (Å²) in [6.45, 7) is 10.7. The van der Waals surface area contributed by atoms with Gasteiger partial charge < -0.3 is 9.26 Å². The van der Waals surface area contributed by atoms with Crippen molar-refractivity contribution in [1.29, 1.82) is 0 Å². The second kappa shape index (κ2) is 15.0. The quantitative estimate of drug-likeness (QED) is 0.136. The first-order chi connectivity index (χ1) is 18.2. The molecule has 0 saturated carbocycles. The highest BCUT2D eigenvalue weighted by Gasteiger charge is 2.24. The van der Waals surface area contributed by atoms with Gasteiger partial charge in [0.2, 0.25) is 0 Å². The molecule has 3 atom stereocenters. The first-order valence-corrected chi connectivity index (χ1v) is 15.9. The second-order valence-corrected chi connectivity index (χ2v) is 13.1. The van der Waals surface area contributed by atoms with E-state index in [-0.39, 0.29) is 39.2 Å². The van der Waals surface area contributed by atoms with Gasteiger partial charge >= 0.3 is 0 Å². The summed E-state index contributed by atoms with van der Waals surface area (Å²) in [5.74, 6) is 1.37. The van der Waals surface area contributed by atoms with Crippen molar-refractivity contribution in [3.63, 3.8) is 0 Å². The van der Waals surface area contributed by atoms with Crippen LogP contribution in [0.4, 0.5) is 0 Å². The molecule has 4 aromatic rings. The maximum Gasteiger partial charge on any atom is 0.197 e. The molecule has 0 heterocycles. The number of benzene rings is 4. The Labute approximate surface area is 243 Å². The lowest BCUT2D eigenvalue weighted by molar-refractivity contribution is 0.217. The minimum atomic E-state index is -2.58. The molecule has 214 valence electrons. The van der Waals surface area contributed by atoms with E-state index in [0.29, 0.717) is 6.61 Å². The molecule has 4 aromatic carbocycles. The van der Waals surface area contributed by atoms with E-state index in [1.165, 1.54) is 22.3 Å². The van der Waals surface area contributed by atoms with Crippen molar-refractivity contribution < 1.29 is 13.8 Å². The standard InChI is InChI=1S/C34H39O3P.2CH4/c1-25(28-15-9-6-10-16-28)31-23-32(26(2)29-17-11-7-12-18-29)34(36-21-22-37-38(4,5)35)33(24-31)27(3)30-19-13-8-14-20-30;;/h6-20,23-27H,21-22H2,1-5H3;2*1H4. The van der Waals surface area contributed by atoms with Crippen LogP contribution < -0.4 is 4.74 Å². The van der Waals surface area contributed by atoms with Crippen LogP contribution in [0.15, 0.2) is 103 Å². The van der Waals surface area contributed by atoms with Gasteiger partial charge in [-0.25, -0.2) is 0 Å². The summed E-state index contributed by atoms with van der Waals surface area (Å²) in [5, 5.41) is 0. The minimum absolute atomic E-state index is 0. The van der Waals surface area contributed by atoms with E-state index in [1.807, 2.05) is 0 Å². The van der Waals surface area contributed by atoms with Gasteiger partial charge in [0.15, 0.2) is 7.37 Å². The molecule has 0 fully saturated rings. The average Bonchev–Trinajstić information content (AvgIpc) is 2.94. The first-order valence-electron chi connectivity index (χ1n) is 13.4. The fourth-order valence-corrected chi connectivity index (χ4v) is 5.45. The third-order valence-electron chi connectivity index (χ3n) is 7.23. The SMILES string of the molecule is C.C.CC(c1ccccc1)c1cc(C(C)c2ccccc2)c(OCCOP(C)(C)=O)c(C(C)c2ccccc2)c1. The van der Waals surface area contributed by atoms with Crippen LogP contribution in [0.3, 0.4) is 0 Å². The second-order valence-electron chi connectivity index (χ2n) is 10.4. The van der Waals surface area contributed by atoms with Crippen molar-refractivity contribution in [2.75, 3.05) is 26.5 Å². The van der Waals surface area contributed by atoms with Crippen LogP contribution in [0, 0.1) is 0 Å². The summed E-state index contributed by atoms with van der Waals surface area (Å²) in [5.41, 5.74) is 7.34. The zero-order valence-electron chi connectivity index (χ0n) is 23.1. The summed E-state index contributed by atoms with van der Waals surface area (Å²) in [6, 6.07) is 36.4. The average molecular weight is 559 g/mol. The summed E-state index contributed by atoms with van der Waals surface area (Å²) < 4.78 is 24.2. The molecule has 0 aliphatic rings. The number of hydrogen-bond donors (Lipinski definition) is 0. The molecule has 4 heteroatoms. The molecule has 0 aliphatic heterocycles. The van der Waals surface area contributed by atoms with Crippen LogP contribution in [-0.2, 0) is 9.09 Å². The van der Waals surface area contributed by atoms with Crippen LogP contribution in [0.2, 0.25) is 0 Å². The minimum Gasteiger partial charge on any atom is -0.491 e. The Morgan fingerprint density at radius 3 is 1.32 bits per heavy atom. The van der Waals surface area contributed by atoms with E-state index in [1.54, 1.807) is 13.3 Å². The van der Waals surface area contributed by atoms with Gasteiger partial charge in [-0.05, 0) is 22.3 Å². The summed E-state index contributed by atoms with van der Waals surface area (Å²) in [6.07, 6.45) is 0. The van der Waals surface area contributed by atoms with Crippen molar-refractivity contribution in [3.05, 3.63) is 137 Å². The van der Waals surface area contributed by atoms with Crippen molar-refractivity contribution in [1.82, 2.24) is 0 Å². The molecule has 0 aromatic heterocycles. The number of hydrogen-bond acceptors (Lipinski definition) is 3. The van der Waals surface area contributed by atoms with Crippen molar-refractivity contribution >= 4 is 7.37 Å². The summed E-state index contributed by atoms with van der Waals surface area (Å²) in [7, 11) is -2.58. The van der Waals surface area contributed by atoms with Crippen LogP contribution in [0.5, 0.6) is 5.75 Å². The van der Waals surface area contributed by atoms with E-state index >= 15 is 0 Å². The maximum absolute atomic E-state index is 12.1. The Morgan fingerprint density at radius 1 is 0.575 bits per heavy atom. The molecule has 0 aliphatic carbocycles.